The van der Waals surface area contributed by atoms with Crippen LogP contribution in [0.2, 0.25) is 0 Å². The number of rotatable bonds is 6. The normalized spacial score (nSPS) is 16.3. The van der Waals surface area contributed by atoms with E-state index in [4.69, 9.17) is 0 Å². The summed E-state index contributed by atoms with van der Waals surface area (Å²) in [6.07, 6.45) is 0. The zero-order valence-corrected chi connectivity index (χ0v) is 14.1. The van der Waals surface area contributed by atoms with Crippen molar-refractivity contribution in [2.75, 3.05) is 46.3 Å². The summed E-state index contributed by atoms with van der Waals surface area (Å²) in [4.78, 5) is 6.31. The van der Waals surface area contributed by atoms with Crippen molar-refractivity contribution < 1.29 is 0 Å². The van der Waals surface area contributed by atoms with E-state index >= 15 is 0 Å². The molecule has 0 amide bonds. The molecular formula is C18H25N3S. The minimum atomic E-state index is 1.02. The Morgan fingerprint density at radius 2 is 1.91 bits per heavy atom. The summed E-state index contributed by atoms with van der Waals surface area (Å²) in [7, 11) is 2.22. The highest BCUT2D eigenvalue weighted by Gasteiger charge is 2.10. The molecule has 3 rings (SSSR count). The van der Waals surface area contributed by atoms with E-state index in [9.17, 15) is 0 Å². The van der Waals surface area contributed by atoms with Crippen molar-refractivity contribution in [3.05, 3.63) is 47.3 Å². The maximum Gasteiger partial charge on any atom is 0.0342 e. The summed E-state index contributed by atoms with van der Waals surface area (Å²) >= 11 is 1.80. The summed E-state index contributed by atoms with van der Waals surface area (Å²) in [6, 6.07) is 13.3. The van der Waals surface area contributed by atoms with Crippen molar-refractivity contribution in [2.45, 2.75) is 6.54 Å². The van der Waals surface area contributed by atoms with E-state index in [2.05, 4.69) is 63.9 Å². The van der Waals surface area contributed by atoms with Crippen molar-refractivity contribution in [1.82, 2.24) is 15.1 Å². The third-order valence-corrected chi connectivity index (χ3v) is 5.14. The molecule has 0 unspecified atom stereocenters. The lowest BCUT2D eigenvalue weighted by Crippen LogP contribution is -2.45. The van der Waals surface area contributed by atoms with Crippen LogP contribution in [-0.2, 0) is 6.54 Å². The van der Waals surface area contributed by atoms with E-state index in [-0.39, 0.29) is 0 Å². The van der Waals surface area contributed by atoms with Crippen molar-refractivity contribution in [3.8, 4) is 10.4 Å². The SMILES string of the molecule is CN(CCN1CCNCC1)Cc1ccc(-c2cccs2)cc1. The highest BCUT2D eigenvalue weighted by Crippen LogP contribution is 2.24. The zero-order chi connectivity index (χ0) is 15.2. The van der Waals surface area contributed by atoms with Crippen LogP contribution in [0, 0.1) is 0 Å². The first-order valence-electron chi connectivity index (χ1n) is 8.06. The van der Waals surface area contributed by atoms with Crippen LogP contribution in [0.15, 0.2) is 41.8 Å². The number of thiophene rings is 1. The second-order valence-corrected chi connectivity index (χ2v) is 6.95. The van der Waals surface area contributed by atoms with Crippen LogP contribution in [0.25, 0.3) is 10.4 Å². The van der Waals surface area contributed by atoms with Gasteiger partial charge in [0.15, 0.2) is 0 Å². The lowest BCUT2D eigenvalue weighted by molar-refractivity contribution is 0.202. The van der Waals surface area contributed by atoms with E-state index in [1.54, 1.807) is 11.3 Å². The van der Waals surface area contributed by atoms with Gasteiger partial charge in [0, 0.05) is 50.7 Å². The number of hydrogen-bond acceptors (Lipinski definition) is 4. The minimum Gasteiger partial charge on any atom is -0.314 e. The summed E-state index contributed by atoms with van der Waals surface area (Å²) in [5, 5.41) is 5.54. The van der Waals surface area contributed by atoms with Crippen molar-refractivity contribution in [1.29, 1.82) is 0 Å². The van der Waals surface area contributed by atoms with Crippen molar-refractivity contribution in [2.24, 2.45) is 0 Å². The van der Waals surface area contributed by atoms with Gasteiger partial charge in [-0.3, -0.25) is 4.90 Å². The van der Waals surface area contributed by atoms with Gasteiger partial charge in [-0.1, -0.05) is 30.3 Å². The van der Waals surface area contributed by atoms with Gasteiger partial charge in [-0.2, -0.15) is 0 Å². The summed E-state index contributed by atoms with van der Waals surface area (Å²) in [5.41, 5.74) is 2.71. The predicted molar refractivity (Wildman–Crippen MR) is 95.4 cm³/mol. The predicted octanol–water partition coefficient (Wildman–Crippen LogP) is 2.75. The minimum absolute atomic E-state index is 1.02. The van der Waals surface area contributed by atoms with Gasteiger partial charge in [0.1, 0.15) is 0 Å². The standard InChI is InChI=1S/C18H25N3S/c1-20(12-13-21-10-8-19-9-11-21)15-16-4-6-17(7-5-16)18-3-2-14-22-18/h2-7,14,19H,8-13,15H2,1H3. The molecule has 118 valence electrons. The first kappa shape index (κ1) is 15.7. The molecule has 1 aromatic carbocycles. The molecule has 0 spiro atoms. The van der Waals surface area contributed by atoms with Gasteiger partial charge < -0.3 is 10.2 Å². The lowest BCUT2D eigenvalue weighted by atomic mass is 10.1. The Balaban J connectivity index is 1.47. The largest absolute Gasteiger partial charge is 0.314 e. The molecule has 22 heavy (non-hydrogen) atoms. The highest BCUT2D eigenvalue weighted by atomic mass is 32.1. The zero-order valence-electron chi connectivity index (χ0n) is 13.3. The highest BCUT2D eigenvalue weighted by molar-refractivity contribution is 7.13. The molecular weight excluding hydrogens is 290 g/mol. The van der Waals surface area contributed by atoms with Gasteiger partial charge in [-0.15, -0.1) is 11.3 Å². The Bertz CT molecular complexity index is 544. The van der Waals surface area contributed by atoms with Gasteiger partial charge >= 0.3 is 0 Å². The lowest BCUT2D eigenvalue weighted by Gasteiger charge is -2.29. The number of likely N-dealkylation sites (N-methyl/N-ethyl adjacent to an activating group) is 1. The van der Waals surface area contributed by atoms with Gasteiger partial charge in [0.2, 0.25) is 0 Å². The number of nitrogens with one attached hydrogen (secondary N) is 1. The molecule has 1 aromatic heterocycles. The smallest absolute Gasteiger partial charge is 0.0342 e. The summed E-state index contributed by atoms with van der Waals surface area (Å²) < 4.78 is 0. The van der Waals surface area contributed by atoms with Gasteiger partial charge in [-0.05, 0) is 29.6 Å². The number of nitrogens with zero attached hydrogens (tertiary/aromatic N) is 2. The molecule has 0 atom stereocenters. The average molecular weight is 315 g/mol. The Morgan fingerprint density at radius 3 is 2.59 bits per heavy atom. The van der Waals surface area contributed by atoms with Crippen LogP contribution < -0.4 is 5.32 Å². The van der Waals surface area contributed by atoms with E-state index in [0.29, 0.717) is 0 Å². The van der Waals surface area contributed by atoms with Crippen LogP contribution in [0.3, 0.4) is 0 Å². The Morgan fingerprint density at radius 1 is 1.14 bits per heavy atom. The molecule has 1 fully saturated rings. The molecule has 1 N–H and O–H groups in total. The number of benzene rings is 1. The Labute approximate surface area is 137 Å². The summed E-state index contributed by atoms with van der Waals surface area (Å²) in [6.45, 7) is 7.96. The summed E-state index contributed by atoms with van der Waals surface area (Å²) in [5.74, 6) is 0. The van der Waals surface area contributed by atoms with Gasteiger partial charge in [0.05, 0.1) is 0 Å². The van der Waals surface area contributed by atoms with E-state index in [1.807, 2.05) is 0 Å². The molecule has 0 radical (unpaired) electrons. The monoisotopic (exact) mass is 315 g/mol. The molecule has 2 aromatic rings. The fourth-order valence-corrected chi connectivity index (χ4v) is 3.59. The third kappa shape index (κ3) is 4.40. The van der Waals surface area contributed by atoms with Crippen molar-refractivity contribution in [3.63, 3.8) is 0 Å². The number of piperazine rings is 1. The Hall–Kier alpha value is -1.20. The molecule has 1 aliphatic heterocycles. The maximum absolute atomic E-state index is 3.40. The molecule has 0 saturated carbocycles. The van der Waals surface area contributed by atoms with E-state index in [0.717, 1.165) is 26.2 Å². The molecule has 1 aliphatic rings. The van der Waals surface area contributed by atoms with E-state index in [1.165, 1.54) is 35.6 Å². The van der Waals surface area contributed by atoms with Gasteiger partial charge in [0.25, 0.3) is 0 Å². The third-order valence-electron chi connectivity index (χ3n) is 4.22. The molecule has 1 saturated heterocycles. The van der Waals surface area contributed by atoms with Crippen LogP contribution >= 0.6 is 11.3 Å². The average Bonchev–Trinajstić information content (AvgIpc) is 3.09. The quantitative estimate of drug-likeness (QED) is 0.884. The Kier molecular flexibility index (Phi) is 5.62. The molecule has 4 heteroatoms. The molecule has 3 nitrogen and oxygen atoms in total. The molecule has 0 aliphatic carbocycles. The van der Waals surface area contributed by atoms with Gasteiger partial charge in [-0.25, -0.2) is 0 Å². The second-order valence-electron chi connectivity index (χ2n) is 6.00. The fraction of sp³-hybridized carbons (Fsp3) is 0.444. The second kappa shape index (κ2) is 7.88. The van der Waals surface area contributed by atoms with Crippen LogP contribution in [0.5, 0.6) is 0 Å². The van der Waals surface area contributed by atoms with E-state index < -0.39 is 0 Å². The molecule has 2 heterocycles. The van der Waals surface area contributed by atoms with Crippen LogP contribution in [-0.4, -0.2) is 56.1 Å². The molecule has 0 bridgehead atoms. The first-order valence-corrected chi connectivity index (χ1v) is 8.94. The van der Waals surface area contributed by atoms with Crippen LogP contribution in [0.1, 0.15) is 5.56 Å². The van der Waals surface area contributed by atoms with Crippen molar-refractivity contribution >= 4 is 11.3 Å². The number of hydrogen-bond donors (Lipinski definition) is 1. The fourth-order valence-electron chi connectivity index (χ4n) is 2.85. The maximum atomic E-state index is 3.40. The first-order chi connectivity index (χ1) is 10.8. The topological polar surface area (TPSA) is 18.5 Å². The van der Waals surface area contributed by atoms with Crippen LogP contribution in [0.4, 0.5) is 0 Å².